The first-order valence-corrected chi connectivity index (χ1v) is 11.8. The number of hydrogen-bond donors (Lipinski definition) is 1. The molecule has 0 saturated carbocycles. The molecule has 1 saturated heterocycles. The SMILES string of the molecule is CC(C)c1ccc([C@@H](NC(=O)[C@@H]2C[C@@H](F)CN2C(=O)CC2C=NC(=O)C=N2)c2ccccc2)nc1F. The molecule has 1 aromatic heterocycles. The van der Waals surface area contributed by atoms with Crippen molar-refractivity contribution in [1.29, 1.82) is 0 Å². The van der Waals surface area contributed by atoms with Crippen LogP contribution in [0.3, 0.4) is 0 Å². The number of aliphatic imine (C=N–C) groups is 2. The van der Waals surface area contributed by atoms with Gasteiger partial charge in [0.2, 0.25) is 17.8 Å². The summed E-state index contributed by atoms with van der Waals surface area (Å²) >= 11 is 0. The van der Waals surface area contributed by atoms with Gasteiger partial charge in [0.15, 0.2) is 0 Å². The lowest BCUT2D eigenvalue weighted by Crippen LogP contribution is -2.47. The molecule has 1 aromatic carbocycles. The van der Waals surface area contributed by atoms with E-state index in [2.05, 4.69) is 20.3 Å². The van der Waals surface area contributed by atoms with Crippen LogP contribution < -0.4 is 5.32 Å². The summed E-state index contributed by atoms with van der Waals surface area (Å²) in [6.07, 6.45) is 0.629. The largest absolute Gasteiger partial charge is 0.342 e. The third-order valence-corrected chi connectivity index (χ3v) is 6.24. The topological polar surface area (TPSA) is 104 Å². The Balaban J connectivity index is 1.55. The molecule has 4 rings (SSSR count). The molecule has 0 aliphatic carbocycles. The molecule has 4 atom stereocenters. The van der Waals surface area contributed by atoms with Gasteiger partial charge in [-0.3, -0.25) is 19.4 Å². The van der Waals surface area contributed by atoms with E-state index in [1.807, 2.05) is 19.9 Å². The van der Waals surface area contributed by atoms with Gasteiger partial charge < -0.3 is 10.2 Å². The third-order valence-electron chi connectivity index (χ3n) is 6.24. The number of pyridine rings is 1. The minimum Gasteiger partial charge on any atom is -0.342 e. The van der Waals surface area contributed by atoms with Crippen molar-refractivity contribution in [2.75, 3.05) is 6.54 Å². The maximum absolute atomic E-state index is 14.7. The highest BCUT2D eigenvalue weighted by atomic mass is 19.1. The van der Waals surface area contributed by atoms with E-state index < -0.39 is 48.0 Å². The first kappa shape index (κ1) is 25.3. The number of alkyl halides is 1. The number of likely N-dealkylation sites (tertiary alicyclic amines) is 1. The molecule has 2 aromatic rings. The molecule has 0 spiro atoms. The Morgan fingerprint density at radius 2 is 1.92 bits per heavy atom. The van der Waals surface area contributed by atoms with Crippen molar-refractivity contribution in [2.24, 2.45) is 9.98 Å². The smallest absolute Gasteiger partial charge is 0.287 e. The highest BCUT2D eigenvalue weighted by Gasteiger charge is 2.41. The Morgan fingerprint density at radius 3 is 2.56 bits per heavy atom. The molecule has 0 bridgehead atoms. The van der Waals surface area contributed by atoms with E-state index in [1.54, 1.807) is 36.4 Å². The number of rotatable bonds is 7. The minimum absolute atomic E-state index is 0.0625. The fraction of sp³-hybridized carbons (Fsp3) is 0.385. The van der Waals surface area contributed by atoms with Crippen LogP contribution in [-0.2, 0) is 14.4 Å². The average Bonchev–Trinajstić information content (AvgIpc) is 3.26. The highest BCUT2D eigenvalue weighted by molar-refractivity contribution is 6.29. The number of amides is 3. The molecule has 188 valence electrons. The van der Waals surface area contributed by atoms with E-state index in [0.717, 1.165) is 6.21 Å². The van der Waals surface area contributed by atoms with Crippen LogP contribution in [-0.4, -0.2) is 64.8 Å². The molecule has 8 nitrogen and oxygen atoms in total. The molecule has 10 heteroatoms. The zero-order chi connectivity index (χ0) is 25.8. The molecule has 1 N–H and O–H groups in total. The van der Waals surface area contributed by atoms with Crippen molar-refractivity contribution >= 4 is 30.2 Å². The number of nitrogens with zero attached hydrogens (tertiary/aromatic N) is 4. The predicted octanol–water partition coefficient (Wildman–Crippen LogP) is 2.93. The number of hydrogen-bond acceptors (Lipinski definition) is 5. The van der Waals surface area contributed by atoms with Crippen LogP contribution in [0.25, 0.3) is 0 Å². The monoisotopic (exact) mass is 495 g/mol. The summed E-state index contributed by atoms with van der Waals surface area (Å²) in [7, 11) is 0. The third kappa shape index (κ3) is 5.69. The number of aromatic nitrogens is 1. The van der Waals surface area contributed by atoms with E-state index in [-0.39, 0.29) is 25.3 Å². The van der Waals surface area contributed by atoms with Crippen LogP contribution in [0.4, 0.5) is 8.78 Å². The van der Waals surface area contributed by atoms with Crippen molar-refractivity contribution in [3.63, 3.8) is 0 Å². The standard InChI is InChI=1S/C26H27F2N5O3/c1-15(2)19-8-9-20(31-25(19)28)24(16-6-4-3-5-7-16)32-26(36)21-10-17(27)14-33(21)23(35)11-18-12-30-22(34)13-29-18/h3-9,12-13,15,17-18,21,24H,10-11,14H2,1-2H3,(H,32,36)/t17-,18?,21+,24+/m1/s1. The van der Waals surface area contributed by atoms with Crippen LogP contribution in [0.5, 0.6) is 0 Å². The second-order valence-corrected chi connectivity index (χ2v) is 9.18. The molecule has 2 aliphatic rings. The van der Waals surface area contributed by atoms with Gasteiger partial charge in [0, 0.05) is 18.2 Å². The second kappa shape index (κ2) is 10.8. The van der Waals surface area contributed by atoms with Crippen LogP contribution in [0, 0.1) is 5.95 Å². The Bertz CT molecular complexity index is 1190. The van der Waals surface area contributed by atoms with Crippen molar-refractivity contribution in [3.05, 3.63) is 65.2 Å². The van der Waals surface area contributed by atoms with Crippen molar-refractivity contribution in [1.82, 2.24) is 15.2 Å². The second-order valence-electron chi connectivity index (χ2n) is 9.18. The van der Waals surface area contributed by atoms with Gasteiger partial charge in [0.25, 0.3) is 5.91 Å². The van der Waals surface area contributed by atoms with Gasteiger partial charge in [-0.05, 0) is 17.5 Å². The molecule has 0 radical (unpaired) electrons. The molecule has 36 heavy (non-hydrogen) atoms. The van der Waals surface area contributed by atoms with Gasteiger partial charge in [0.05, 0.1) is 37.0 Å². The van der Waals surface area contributed by atoms with E-state index in [9.17, 15) is 23.2 Å². The average molecular weight is 496 g/mol. The summed E-state index contributed by atoms with van der Waals surface area (Å²) in [4.78, 5) is 50.3. The van der Waals surface area contributed by atoms with E-state index in [4.69, 9.17) is 0 Å². The summed E-state index contributed by atoms with van der Waals surface area (Å²) in [5.41, 5.74) is 1.42. The quantitative estimate of drug-likeness (QED) is 0.597. The number of nitrogens with one attached hydrogen (secondary N) is 1. The van der Waals surface area contributed by atoms with Gasteiger partial charge >= 0.3 is 0 Å². The summed E-state index contributed by atoms with van der Waals surface area (Å²) in [6.45, 7) is 3.49. The van der Waals surface area contributed by atoms with Crippen molar-refractivity contribution in [2.45, 2.75) is 56.9 Å². The molecule has 1 unspecified atom stereocenters. The lowest BCUT2D eigenvalue weighted by molar-refractivity contribution is -0.138. The fourth-order valence-corrected chi connectivity index (χ4v) is 4.36. The van der Waals surface area contributed by atoms with Gasteiger partial charge in [-0.2, -0.15) is 4.39 Å². The van der Waals surface area contributed by atoms with Gasteiger partial charge in [0.1, 0.15) is 12.2 Å². The maximum atomic E-state index is 14.7. The normalized spacial score (nSPS) is 22.2. The molecule has 2 aliphatic heterocycles. The lowest BCUT2D eigenvalue weighted by atomic mass is 9.99. The lowest BCUT2D eigenvalue weighted by Gasteiger charge is -2.27. The Labute approximate surface area is 207 Å². The van der Waals surface area contributed by atoms with Crippen LogP contribution in [0.1, 0.15) is 55.5 Å². The van der Waals surface area contributed by atoms with Crippen molar-refractivity contribution in [3.8, 4) is 0 Å². The first-order chi connectivity index (χ1) is 17.2. The Morgan fingerprint density at radius 1 is 1.17 bits per heavy atom. The number of carbonyl (C=O) groups is 3. The van der Waals surface area contributed by atoms with Crippen LogP contribution in [0.15, 0.2) is 52.4 Å². The van der Waals surface area contributed by atoms with Gasteiger partial charge in [-0.15, -0.1) is 0 Å². The Hall–Kier alpha value is -3.82. The van der Waals surface area contributed by atoms with Crippen LogP contribution in [0.2, 0.25) is 0 Å². The van der Waals surface area contributed by atoms with Crippen molar-refractivity contribution < 1.29 is 23.2 Å². The summed E-state index contributed by atoms with van der Waals surface area (Å²) < 4.78 is 29.1. The molecule has 3 heterocycles. The molecular formula is C26H27F2N5O3. The number of carbonyl (C=O) groups excluding carboxylic acids is 3. The Kier molecular flexibility index (Phi) is 7.61. The molecule has 1 fully saturated rings. The summed E-state index contributed by atoms with van der Waals surface area (Å²) in [5, 5.41) is 2.85. The van der Waals surface area contributed by atoms with E-state index in [0.29, 0.717) is 16.8 Å². The molecular weight excluding hydrogens is 468 g/mol. The fourth-order valence-electron chi connectivity index (χ4n) is 4.36. The molecule has 3 amide bonds. The van der Waals surface area contributed by atoms with Crippen LogP contribution >= 0.6 is 0 Å². The zero-order valence-corrected chi connectivity index (χ0v) is 20.0. The zero-order valence-electron chi connectivity index (χ0n) is 20.0. The number of benzene rings is 1. The predicted molar refractivity (Wildman–Crippen MR) is 130 cm³/mol. The van der Waals surface area contributed by atoms with E-state index in [1.165, 1.54) is 11.1 Å². The van der Waals surface area contributed by atoms with Gasteiger partial charge in [-0.1, -0.05) is 50.2 Å². The maximum Gasteiger partial charge on any atom is 0.287 e. The summed E-state index contributed by atoms with van der Waals surface area (Å²) in [6, 6.07) is 9.74. The first-order valence-electron chi connectivity index (χ1n) is 11.8. The highest BCUT2D eigenvalue weighted by Crippen LogP contribution is 2.27. The number of halogens is 2. The van der Waals surface area contributed by atoms with E-state index >= 15 is 0 Å². The van der Waals surface area contributed by atoms with Gasteiger partial charge in [-0.25, -0.2) is 14.4 Å². The minimum atomic E-state index is -1.37. The summed E-state index contributed by atoms with van der Waals surface area (Å²) in [5.74, 6) is -2.23.